The summed E-state index contributed by atoms with van der Waals surface area (Å²) in [5, 5.41) is 5.03. The second kappa shape index (κ2) is 5.40. The van der Waals surface area contributed by atoms with Crippen LogP contribution >= 0.6 is 0 Å². The van der Waals surface area contributed by atoms with E-state index < -0.39 is 16.1 Å². The first kappa shape index (κ1) is 13.5. The van der Waals surface area contributed by atoms with Crippen molar-refractivity contribution in [2.75, 3.05) is 6.54 Å². The Balaban J connectivity index is 2.06. The van der Waals surface area contributed by atoms with E-state index in [9.17, 15) is 13.2 Å². The second-order valence-electron chi connectivity index (χ2n) is 4.24. The Kier molecular flexibility index (Phi) is 3.84. The van der Waals surface area contributed by atoms with Crippen molar-refractivity contribution in [2.24, 2.45) is 11.0 Å². The van der Waals surface area contributed by atoms with Gasteiger partial charge in [0.05, 0.1) is 11.4 Å². The maximum atomic E-state index is 11.9. The van der Waals surface area contributed by atoms with Crippen molar-refractivity contribution in [3.8, 4) is 0 Å². The van der Waals surface area contributed by atoms with E-state index >= 15 is 0 Å². The molecule has 1 unspecified atom stereocenters. The van der Waals surface area contributed by atoms with Crippen LogP contribution in [0.1, 0.15) is 13.3 Å². The molecular formula is C12H15N3O3S. The van der Waals surface area contributed by atoms with E-state index in [1.54, 1.807) is 24.4 Å². The fraction of sp³-hybridized carbons (Fsp3) is 0.333. The van der Waals surface area contributed by atoms with E-state index in [0.717, 1.165) is 11.4 Å². The van der Waals surface area contributed by atoms with Crippen molar-refractivity contribution in [1.82, 2.24) is 9.73 Å². The van der Waals surface area contributed by atoms with Crippen LogP contribution in [0.25, 0.3) is 0 Å². The quantitative estimate of drug-likeness (QED) is 0.909. The molecule has 0 saturated carbocycles. The molecule has 1 atom stereocenters. The molecule has 19 heavy (non-hydrogen) atoms. The van der Waals surface area contributed by atoms with E-state index in [2.05, 4.69) is 5.10 Å². The minimum atomic E-state index is -3.84. The van der Waals surface area contributed by atoms with Gasteiger partial charge in [-0.25, -0.2) is 22.9 Å². The molecule has 1 aliphatic heterocycles. The molecule has 6 nitrogen and oxygen atoms in total. The molecule has 0 bridgehead atoms. The number of hydrogen-bond donors (Lipinski definition) is 1. The highest BCUT2D eigenvalue weighted by Crippen LogP contribution is 2.13. The number of hydrogen-bond acceptors (Lipinski definition) is 4. The molecule has 1 aromatic carbocycles. The van der Waals surface area contributed by atoms with Gasteiger partial charge in [-0.15, -0.1) is 0 Å². The summed E-state index contributed by atoms with van der Waals surface area (Å²) in [6.45, 7) is 2.39. The number of carbonyl (C=O) groups excluding carboxylic acids is 1. The fourth-order valence-electron chi connectivity index (χ4n) is 1.69. The molecule has 0 fully saturated rings. The fourth-order valence-corrected chi connectivity index (χ4v) is 2.66. The zero-order chi connectivity index (χ0) is 13.9. The van der Waals surface area contributed by atoms with Crippen molar-refractivity contribution in [3.63, 3.8) is 0 Å². The van der Waals surface area contributed by atoms with Crippen LogP contribution in [0.2, 0.25) is 0 Å². The molecule has 0 aliphatic carbocycles. The first-order chi connectivity index (χ1) is 9.03. The van der Waals surface area contributed by atoms with E-state index in [4.69, 9.17) is 0 Å². The summed E-state index contributed by atoms with van der Waals surface area (Å²) in [6, 6.07) is 7.03. The smallest absolute Gasteiger partial charge is 0.246 e. The SMILES string of the molecule is CCC1C=NN(C(=O)NS(=O)(=O)c2ccccc2)C1. The molecule has 7 heteroatoms. The largest absolute Gasteiger partial charge is 0.351 e. The Morgan fingerprint density at radius 1 is 1.42 bits per heavy atom. The number of amides is 2. The minimum Gasteiger partial charge on any atom is -0.246 e. The second-order valence-corrected chi connectivity index (χ2v) is 5.92. The maximum Gasteiger partial charge on any atom is 0.351 e. The number of nitrogens with one attached hydrogen (secondary N) is 1. The van der Waals surface area contributed by atoms with Gasteiger partial charge in [-0.3, -0.25) is 0 Å². The van der Waals surface area contributed by atoms with E-state index in [1.807, 2.05) is 11.6 Å². The van der Waals surface area contributed by atoms with Gasteiger partial charge < -0.3 is 0 Å². The lowest BCUT2D eigenvalue weighted by molar-refractivity contribution is 0.207. The molecule has 0 aromatic heterocycles. The average molecular weight is 281 g/mol. The van der Waals surface area contributed by atoms with Crippen LogP contribution in [-0.4, -0.2) is 32.2 Å². The molecule has 0 saturated heterocycles. The third-order valence-corrected chi connectivity index (χ3v) is 4.19. The number of hydrazone groups is 1. The molecular weight excluding hydrogens is 266 g/mol. The van der Waals surface area contributed by atoms with Gasteiger partial charge in [0.2, 0.25) is 0 Å². The predicted octanol–water partition coefficient (Wildman–Crippen LogP) is 1.41. The molecule has 2 amide bonds. The van der Waals surface area contributed by atoms with Crippen LogP contribution in [0.5, 0.6) is 0 Å². The van der Waals surface area contributed by atoms with Gasteiger partial charge in [-0.2, -0.15) is 5.10 Å². The number of benzene rings is 1. The zero-order valence-corrected chi connectivity index (χ0v) is 11.3. The lowest BCUT2D eigenvalue weighted by atomic mass is 10.1. The molecule has 0 radical (unpaired) electrons. The number of carbonyl (C=O) groups is 1. The highest BCUT2D eigenvalue weighted by atomic mass is 32.2. The van der Waals surface area contributed by atoms with Crippen LogP contribution in [-0.2, 0) is 10.0 Å². The summed E-state index contributed by atoms with van der Waals surface area (Å²) in [6.07, 6.45) is 2.52. The van der Waals surface area contributed by atoms with Crippen LogP contribution in [0.4, 0.5) is 4.79 Å². The van der Waals surface area contributed by atoms with Gasteiger partial charge >= 0.3 is 6.03 Å². The molecule has 1 heterocycles. The maximum absolute atomic E-state index is 11.9. The van der Waals surface area contributed by atoms with Crippen LogP contribution in [0, 0.1) is 5.92 Å². The average Bonchev–Trinajstić information content (AvgIpc) is 2.88. The highest BCUT2D eigenvalue weighted by molar-refractivity contribution is 7.90. The van der Waals surface area contributed by atoms with Gasteiger partial charge in [0.15, 0.2) is 0 Å². The van der Waals surface area contributed by atoms with Gasteiger partial charge in [0, 0.05) is 12.1 Å². The third-order valence-electron chi connectivity index (χ3n) is 2.86. The Morgan fingerprint density at radius 2 is 2.11 bits per heavy atom. The summed E-state index contributed by atoms with van der Waals surface area (Å²) in [5.74, 6) is 0.185. The summed E-state index contributed by atoms with van der Waals surface area (Å²) in [5.41, 5.74) is 0. The van der Waals surface area contributed by atoms with Crippen molar-refractivity contribution in [1.29, 1.82) is 0 Å². The molecule has 1 N–H and O–H groups in total. The van der Waals surface area contributed by atoms with Gasteiger partial charge in [-0.1, -0.05) is 25.1 Å². The monoisotopic (exact) mass is 281 g/mol. The first-order valence-electron chi connectivity index (χ1n) is 5.96. The number of sulfonamides is 1. The van der Waals surface area contributed by atoms with Crippen molar-refractivity contribution in [2.45, 2.75) is 18.2 Å². The van der Waals surface area contributed by atoms with Crippen molar-refractivity contribution in [3.05, 3.63) is 30.3 Å². The normalized spacial score (nSPS) is 18.6. The van der Waals surface area contributed by atoms with Crippen LogP contribution < -0.4 is 4.72 Å². The Labute approximate surface area is 112 Å². The van der Waals surface area contributed by atoms with Crippen molar-refractivity contribution < 1.29 is 13.2 Å². The summed E-state index contributed by atoms with van der Waals surface area (Å²) < 4.78 is 25.9. The standard InChI is InChI=1S/C12H15N3O3S/c1-2-10-8-13-15(9-10)12(16)14-19(17,18)11-6-4-3-5-7-11/h3-8,10H,2,9H2,1H3,(H,14,16). The Hall–Kier alpha value is -1.89. The molecule has 1 aliphatic rings. The van der Waals surface area contributed by atoms with Crippen LogP contribution in [0.15, 0.2) is 40.3 Å². The summed E-state index contributed by atoms with van der Waals surface area (Å²) >= 11 is 0. The Morgan fingerprint density at radius 3 is 2.68 bits per heavy atom. The van der Waals surface area contributed by atoms with Crippen LogP contribution in [0.3, 0.4) is 0 Å². The number of urea groups is 1. The Bertz CT molecular complexity index is 583. The molecule has 0 spiro atoms. The minimum absolute atomic E-state index is 0.0542. The summed E-state index contributed by atoms with van der Waals surface area (Å²) in [7, 11) is -3.84. The topological polar surface area (TPSA) is 78.8 Å². The summed E-state index contributed by atoms with van der Waals surface area (Å²) in [4.78, 5) is 11.9. The molecule has 1 aromatic rings. The van der Waals surface area contributed by atoms with E-state index in [0.29, 0.717) is 6.54 Å². The lowest BCUT2D eigenvalue weighted by Gasteiger charge is -2.14. The first-order valence-corrected chi connectivity index (χ1v) is 7.44. The van der Waals surface area contributed by atoms with Crippen molar-refractivity contribution >= 4 is 22.3 Å². The predicted molar refractivity (Wildman–Crippen MR) is 71.1 cm³/mol. The van der Waals surface area contributed by atoms with Gasteiger partial charge in [0.25, 0.3) is 10.0 Å². The highest BCUT2D eigenvalue weighted by Gasteiger charge is 2.25. The number of rotatable bonds is 3. The molecule has 102 valence electrons. The third kappa shape index (κ3) is 3.11. The number of nitrogens with zero attached hydrogens (tertiary/aromatic N) is 2. The van der Waals surface area contributed by atoms with E-state index in [-0.39, 0.29) is 10.8 Å². The molecule has 2 rings (SSSR count). The van der Waals surface area contributed by atoms with Gasteiger partial charge in [0.1, 0.15) is 0 Å². The lowest BCUT2D eigenvalue weighted by Crippen LogP contribution is -2.39. The van der Waals surface area contributed by atoms with Gasteiger partial charge in [-0.05, 0) is 18.6 Å². The van der Waals surface area contributed by atoms with E-state index in [1.165, 1.54) is 12.1 Å². The zero-order valence-electron chi connectivity index (χ0n) is 10.5.